The molecule has 0 aliphatic heterocycles. The smallest absolute Gasteiger partial charge is 0.309 e. The third-order valence-corrected chi connectivity index (χ3v) is 4.58. The van der Waals surface area contributed by atoms with Gasteiger partial charge in [0.25, 0.3) is 0 Å². The minimum Gasteiger partial charge on any atom is -0.496 e. The van der Waals surface area contributed by atoms with E-state index >= 15 is 0 Å². The number of carbonyl (C=O) groups is 1. The molecule has 0 spiro atoms. The molecule has 0 atom stereocenters. The number of rotatable bonds is 6. The van der Waals surface area contributed by atoms with Crippen molar-refractivity contribution in [3.05, 3.63) is 40.7 Å². The highest BCUT2D eigenvalue weighted by Gasteiger charge is 2.09. The number of aliphatic carboxylic acids is 1. The summed E-state index contributed by atoms with van der Waals surface area (Å²) in [6.07, 6.45) is -0.0830. The third kappa shape index (κ3) is 3.94. The molecule has 0 saturated carbocycles. The Bertz CT molecular complexity index is 615. The quantitative estimate of drug-likeness (QED) is 0.830. The van der Waals surface area contributed by atoms with Crippen molar-refractivity contribution in [1.82, 2.24) is 4.98 Å². The van der Waals surface area contributed by atoms with E-state index in [1.165, 1.54) is 42.3 Å². The first-order chi connectivity index (χ1) is 9.58. The lowest BCUT2D eigenvalue weighted by atomic mass is 10.2. The second-order valence-corrected chi connectivity index (χ2v) is 6.00. The Hall–Kier alpha value is -1.60. The van der Waals surface area contributed by atoms with Gasteiger partial charge in [0.2, 0.25) is 0 Å². The van der Waals surface area contributed by atoms with E-state index in [1.54, 1.807) is 11.4 Å². The van der Waals surface area contributed by atoms with E-state index in [1.807, 2.05) is 0 Å². The van der Waals surface area contributed by atoms with Crippen LogP contribution >= 0.6 is 23.1 Å². The lowest BCUT2D eigenvalue weighted by Crippen LogP contribution is -1.99. The largest absolute Gasteiger partial charge is 0.496 e. The van der Waals surface area contributed by atoms with Crippen LogP contribution in [0, 0.1) is 5.82 Å². The number of hydrogen-bond donors (Lipinski definition) is 1. The second kappa shape index (κ2) is 6.71. The summed E-state index contributed by atoms with van der Waals surface area (Å²) in [5.41, 5.74) is 1.28. The first kappa shape index (κ1) is 14.8. The van der Waals surface area contributed by atoms with Gasteiger partial charge in [0.15, 0.2) is 0 Å². The van der Waals surface area contributed by atoms with Gasteiger partial charge in [-0.15, -0.1) is 11.3 Å². The topological polar surface area (TPSA) is 59.4 Å². The monoisotopic (exact) mass is 313 g/mol. The van der Waals surface area contributed by atoms with Crippen LogP contribution in [0.4, 0.5) is 4.39 Å². The fraction of sp³-hybridized carbons (Fsp3) is 0.231. The molecule has 1 aromatic heterocycles. The predicted molar refractivity (Wildman–Crippen MR) is 76.0 cm³/mol. The number of thiazole rings is 1. The predicted octanol–water partition coefficient (Wildman–Crippen LogP) is 3.21. The van der Waals surface area contributed by atoms with Gasteiger partial charge in [-0.1, -0.05) is 11.8 Å². The maximum absolute atomic E-state index is 13.2. The van der Waals surface area contributed by atoms with Crippen molar-refractivity contribution < 1.29 is 19.0 Å². The summed E-state index contributed by atoms with van der Waals surface area (Å²) in [5, 5.41) is 10.4. The molecule has 0 aliphatic rings. The van der Waals surface area contributed by atoms with Gasteiger partial charge < -0.3 is 9.84 Å². The van der Waals surface area contributed by atoms with E-state index in [2.05, 4.69) is 4.98 Å². The molecule has 2 aromatic rings. The highest BCUT2D eigenvalue weighted by molar-refractivity contribution is 8.00. The molecule has 2 rings (SSSR count). The van der Waals surface area contributed by atoms with Crippen molar-refractivity contribution in [3.8, 4) is 5.75 Å². The zero-order valence-corrected chi connectivity index (χ0v) is 12.3. The van der Waals surface area contributed by atoms with Crippen LogP contribution < -0.4 is 4.74 Å². The Morgan fingerprint density at radius 2 is 2.35 bits per heavy atom. The molecule has 0 fully saturated rings. The van der Waals surface area contributed by atoms with Crippen LogP contribution in [0.5, 0.6) is 5.75 Å². The van der Waals surface area contributed by atoms with Gasteiger partial charge in [0, 0.05) is 16.7 Å². The van der Waals surface area contributed by atoms with Gasteiger partial charge in [-0.05, 0) is 18.2 Å². The molecule has 1 heterocycles. The number of nitrogens with zero attached hydrogens (tertiary/aromatic N) is 1. The van der Waals surface area contributed by atoms with Gasteiger partial charge in [-0.2, -0.15) is 0 Å². The van der Waals surface area contributed by atoms with E-state index < -0.39 is 5.97 Å². The normalized spacial score (nSPS) is 10.5. The number of thioether (sulfide) groups is 1. The highest BCUT2D eigenvalue weighted by Crippen LogP contribution is 2.30. The number of carboxylic acid groups (broad SMARTS) is 1. The minimum atomic E-state index is -0.904. The van der Waals surface area contributed by atoms with Crippen LogP contribution in [-0.4, -0.2) is 23.2 Å². The summed E-state index contributed by atoms with van der Waals surface area (Å²) in [4.78, 5) is 14.8. The molecule has 7 heteroatoms. The number of ether oxygens (including phenoxy) is 1. The maximum atomic E-state index is 13.2. The highest BCUT2D eigenvalue weighted by atomic mass is 32.2. The van der Waals surface area contributed by atoms with Gasteiger partial charge in [0.05, 0.1) is 19.2 Å². The average Bonchev–Trinajstić information content (AvgIpc) is 2.83. The summed E-state index contributed by atoms with van der Waals surface area (Å²) in [7, 11) is 1.54. The molecule has 0 radical (unpaired) electrons. The standard InChI is InChI=1S/C13H12FNO3S2/c1-18-11-3-2-9(14)4-8(11)6-19-13-15-10(7-20-13)5-12(16)17/h2-4,7H,5-6H2,1H3,(H,16,17). The van der Waals surface area contributed by atoms with Crippen molar-refractivity contribution in [2.24, 2.45) is 0 Å². The Morgan fingerprint density at radius 1 is 1.55 bits per heavy atom. The molecule has 0 saturated heterocycles. The van der Waals surface area contributed by atoms with Gasteiger partial charge >= 0.3 is 5.97 Å². The summed E-state index contributed by atoms with van der Waals surface area (Å²) in [6.45, 7) is 0. The number of hydrogen-bond acceptors (Lipinski definition) is 5. The molecular weight excluding hydrogens is 301 g/mol. The average molecular weight is 313 g/mol. The van der Waals surface area contributed by atoms with E-state index in [4.69, 9.17) is 9.84 Å². The Morgan fingerprint density at radius 3 is 3.05 bits per heavy atom. The SMILES string of the molecule is COc1ccc(F)cc1CSc1nc(CC(=O)O)cs1. The first-order valence-corrected chi connectivity index (χ1v) is 7.56. The van der Waals surface area contributed by atoms with Crippen molar-refractivity contribution >= 4 is 29.1 Å². The minimum absolute atomic E-state index is 0.0830. The number of carboxylic acids is 1. The van der Waals surface area contributed by atoms with E-state index in [0.29, 0.717) is 17.2 Å². The lowest BCUT2D eigenvalue weighted by Gasteiger charge is -2.07. The second-order valence-electron chi connectivity index (χ2n) is 3.92. The number of aromatic nitrogens is 1. The van der Waals surface area contributed by atoms with Crippen molar-refractivity contribution in [1.29, 1.82) is 0 Å². The summed E-state index contributed by atoms with van der Waals surface area (Å²) in [6, 6.07) is 4.36. The third-order valence-electron chi connectivity index (χ3n) is 2.46. The van der Waals surface area contributed by atoms with Crippen LogP contribution in [0.15, 0.2) is 27.9 Å². The molecule has 0 aliphatic carbocycles. The molecule has 0 amide bonds. The number of benzene rings is 1. The van der Waals surface area contributed by atoms with Gasteiger partial charge in [0.1, 0.15) is 15.9 Å². The van der Waals surface area contributed by atoms with Gasteiger partial charge in [-0.25, -0.2) is 9.37 Å². The Labute approximate surface area is 123 Å². The number of methoxy groups -OCH3 is 1. The van der Waals surface area contributed by atoms with Crippen LogP contribution in [0.1, 0.15) is 11.3 Å². The fourth-order valence-corrected chi connectivity index (χ4v) is 3.41. The molecule has 20 heavy (non-hydrogen) atoms. The summed E-state index contributed by atoms with van der Waals surface area (Å²) < 4.78 is 19.1. The zero-order valence-electron chi connectivity index (χ0n) is 10.6. The number of halogens is 1. The van der Waals surface area contributed by atoms with Crippen LogP contribution in [0.2, 0.25) is 0 Å². The van der Waals surface area contributed by atoms with E-state index in [9.17, 15) is 9.18 Å². The summed E-state index contributed by atoms with van der Waals surface area (Å²) >= 11 is 2.81. The van der Waals surface area contributed by atoms with Crippen LogP contribution in [0.25, 0.3) is 0 Å². The first-order valence-electron chi connectivity index (χ1n) is 5.70. The van der Waals surface area contributed by atoms with Crippen LogP contribution in [-0.2, 0) is 17.0 Å². The molecule has 1 N–H and O–H groups in total. The van der Waals surface area contributed by atoms with Crippen molar-refractivity contribution in [2.75, 3.05) is 7.11 Å². The molecule has 0 bridgehead atoms. The zero-order chi connectivity index (χ0) is 14.5. The van der Waals surface area contributed by atoms with E-state index in [0.717, 1.165) is 9.90 Å². The Kier molecular flexibility index (Phi) is 4.97. The lowest BCUT2D eigenvalue weighted by molar-refractivity contribution is -0.136. The molecular formula is C13H12FNO3S2. The van der Waals surface area contributed by atoms with Crippen LogP contribution in [0.3, 0.4) is 0 Å². The maximum Gasteiger partial charge on any atom is 0.309 e. The summed E-state index contributed by atoms with van der Waals surface area (Å²) in [5.74, 6) is -0.0759. The van der Waals surface area contributed by atoms with Crippen molar-refractivity contribution in [3.63, 3.8) is 0 Å². The molecule has 0 unspecified atom stereocenters. The Balaban J connectivity index is 2.03. The fourth-order valence-electron chi connectivity index (χ4n) is 1.59. The van der Waals surface area contributed by atoms with Crippen molar-refractivity contribution in [2.45, 2.75) is 16.5 Å². The molecule has 4 nitrogen and oxygen atoms in total. The molecule has 1 aromatic carbocycles. The molecule has 106 valence electrons. The van der Waals surface area contributed by atoms with E-state index in [-0.39, 0.29) is 12.2 Å². The van der Waals surface area contributed by atoms with Gasteiger partial charge in [-0.3, -0.25) is 4.79 Å².